The molecule has 0 fully saturated rings. The lowest BCUT2D eigenvalue weighted by Crippen LogP contribution is -2.43. The van der Waals surface area contributed by atoms with E-state index in [-0.39, 0.29) is 6.61 Å². The van der Waals surface area contributed by atoms with Crippen molar-refractivity contribution in [3.8, 4) is 5.75 Å². The van der Waals surface area contributed by atoms with E-state index in [2.05, 4.69) is 45.6 Å². The second-order valence-electron chi connectivity index (χ2n) is 5.53. The van der Waals surface area contributed by atoms with Crippen LogP contribution in [0, 0.1) is 0 Å². The van der Waals surface area contributed by atoms with Gasteiger partial charge in [-0.15, -0.1) is 0 Å². The van der Waals surface area contributed by atoms with Crippen LogP contribution < -0.4 is 15.6 Å². The van der Waals surface area contributed by atoms with Crippen molar-refractivity contribution in [3.05, 3.63) is 58.3 Å². The number of nitrogens with one attached hydrogen (secondary N) is 2. The van der Waals surface area contributed by atoms with E-state index in [1.165, 1.54) is 18.0 Å². The number of hydrogen-bond donors (Lipinski definition) is 2. The van der Waals surface area contributed by atoms with Crippen molar-refractivity contribution in [3.63, 3.8) is 0 Å². The maximum atomic E-state index is 11.8. The molecule has 0 saturated carbocycles. The predicted molar refractivity (Wildman–Crippen MR) is 98.2 cm³/mol. The van der Waals surface area contributed by atoms with Crippen molar-refractivity contribution in [1.82, 2.24) is 15.8 Å². The summed E-state index contributed by atoms with van der Waals surface area (Å²) in [6.45, 7) is 4.08. The van der Waals surface area contributed by atoms with Crippen LogP contribution in [0.2, 0.25) is 0 Å². The minimum Gasteiger partial charge on any atom is -0.483 e. The molecule has 2 N–H and O–H groups in total. The van der Waals surface area contributed by atoms with Crippen molar-refractivity contribution in [2.45, 2.75) is 26.2 Å². The number of hydrazine groups is 1. The van der Waals surface area contributed by atoms with Gasteiger partial charge in [-0.05, 0) is 58.1 Å². The minimum atomic E-state index is -0.458. The zero-order chi connectivity index (χ0) is 18.2. The molecule has 1 aromatic carbocycles. The Bertz CT molecular complexity index is 738. The Morgan fingerprint density at radius 2 is 1.92 bits per heavy atom. The van der Waals surface area contributed by atoms with Gasteiger partial charge in [0.25, 0.3) is 11.8 Å². The van der Waals surface area contributed by atoms with E-state index in [0.29, 0.717) is 17.2 Å². The van der Waals surface area contributed by atoms with Crippen LogP contribution in [0.15, 0.2) is 47.2 Å². The van der Waals surface area contributed by atoms with E-state index in [1.807, 2.05) is 18.2 Å². The molecule has 0 spiro atoms. The van der Waals surface area contributed by atoms with Crippen LogP contribution in [0.5, 0.6) is 5.75 Å². The summed E-state index contributed by atoms with van der Waals surface area (Å²) in [5.41, 5.74) is 6.24. The zero-order valence-electron chi connectivity index (χ0n) is 14.1. The molecular weight excluding hydrogens is 386 g/mol. The number of carbonyl (C=O) groups excluding carboxylic acids is 2. The molecule has 7 heteroatoms. The van der Waals surface area contributed by atoms with Crippen LogP contribution in [0.4, 0.5) is 0 Å². The van der Waals surface area contributed by atoms with Crippen molar-refractivity contribution in [2.75, 3.05) is 6.61 Å². The summed E-state index contributed by atoms with van der Waals surface area (Å²) in [6.07, 6.45) is 4.05. The fraction of sp³-hybridized carbons (Fsp3) is 0.278. The second kappa shape index (κ2) is 9.17. The lowest BCUT2D eigenvalue weighted by Gasteiger charge is -2.13. The number of ether oxygens (including phenoxy) is 1. The average molecular weight is 406 g/mol. The number of nitrogens with zero attached hydrogens (tertiary/aromatic N) is 1. The first kappa shape index (κ1) is 18.9. The highest BCUT2D eigenvalue weighted by Gasteiger charge is 2.10. The Hall–Kier alpha value is -2.41. The molecule has 0 aliphatic heterocycles. The van der Waals surface area contributed by atoms with Crippen molar-refractivity contribution in [2.24, 2.45) is 0 Å². The fourth-order valence-corrected chi connectivity index (χ4v) is 2.57. The number of aromatic nitrogens is 1. The monoisotopic (exact) mass is 405 g/mol. The second-order valence-corrected chi connectivity index (χ2v) is 6.38. The molecule has 132 valence electrons. The normalized spacial score (nSPS) is 11.5. The van der Waals surface area contributed by atoms with Crippen molar-refractivity contribution < 1.29 is 14.3 Å². The van der Waals surface area contributed by atoms with Crippen LogP contribution >= 0.6 is 15.9 Å². The molecule has 1 aromatic heterocycles. The lowest BCUT2D eigenvalue weighted by atomic mass is 9.99. The van der Waals surface area contributed by atoms with Crippen LogP contribution in [-0.2, 0) is 4.79 Å². The lowest BCUT2D eigenvalue weighted by molar-refractivity contribution is -0.123. The third-order valence-corrected chi connectivity index (χ3v) is 4.37. The minimum absolute atomic E-state index is 0.210. The molecule has 1 atom stereocenters. The van der Waals surface area contributed by atoms with Gasteiger partial charge in [0, 0.05) is 18.0 Å². The molecular formula is C18H20BrN3O3. The highest BCUT2D eigenvalue weighted by Crippen LogP contribution is 2.29. The summed E-state index contributed by atoms with van der Waals surface area (Å²) in [6, 6.07) is 8.90. The number of pyridine rings is 1. The summed E-state index contributed by atoms with van der Waals surface area (Å²) in [5.74, 6) is 0.148. The van der Waals surface area contributed by atoms with Crippen molar-refractivity contribution in [1.29, 1.82) is 0 Å². The van der Waals surface area contributed by atoms with E-state index in [9.17, 15) is 9.59 Å². The highest BCUT2D eigenvalue weighted by molar-refractivity contribution is 9.10. The number of carbonyl (C=O) groups is 2. The Morgan fingerprint density at radius 1 is 1.20 bits per heavy atom. The predicted octanol–water partition coefficient (Wildman–Crippen LogP) is 3.20. The number of benzene rings is 1. The Kier molecular flexibility index (Phi) is 6.94. The fourth-order valence-electron chi connectivity index (χ4n) is 2.06. The summed E-state index contributed by atoms with van der Waals surface area (Å²) in [7, 11) is 0. The maximum Gasteiger partial charge on any atom is 0.276 e. The van der Waals surface area contributed by atoms with Gasteiger partial charge >= 0.3 is 0 Å². The Balaban J connectivity index is 1.83. The summed E-state index contributed by atoms with van der Waals surface area (Å²) < 4.78 is 6.28. The van der Waals surface area contributed by atoms with Gasteiger partial charge in [0.05, 0.1) is 4.47 Å². The number of halogens is 1. The smallest absolute Gasteiger partial charge is 0.276 e. The summed E-state index contributed by atoms with van der Waals surface area (Å²) >= 11 is 3.46. The Morgan fingerprint density at radius 3 is 2.56 bits per heavy atom. The van der Waals surface area contributed by atoms with Crippen LogP contribution in [0.1, 0.15) is 42.1 Å². The van der Waals surface area contributed by atoms with E-state index in [1.54, 1.807) is 12.1 Å². The third-order valence-electron chi connectivity index (χ3n) is 3.75. The third kappa shape index (κ3) is 5.56. The van der Waals surface area contributed by atoms with Gasteiger partial charge < -0.3 is 4.74 Å². The van der Waals surface area contributed by atoms with Crippen molar-refractivity contribution >= 4 is 27.7 Å². The quantitative estimate of drug-likeness (QED) is 0.723. The van der Waals surface area contributed by atoms with Gasteiger partial charge in [0.1, 0.15) is 5.75 Å². The summed E-state index contributed by atoms with van der Waals surface area (Å²) in [5, 5.41) is 0. The first-order chi connectivity index (χ1) is 12.0. The molecule has 2 aromatic rings. The van der Waals surface area contributed by atoms with E-state index in [0.717, 1.165) is 10.9 Å². The molecule has 0 aliphatic carbocycles. The molecule has 0 radical (unpaired) electrons. The van der Waals surface area contributed by atoms with Crippen LogP contribution in [0.3, 0.4) is 0 Å². The van der Waals surface area contributed by atoms with Gasteiger partial charge in [-0.3, -0.25) is 25.4 Å². The van der Waals surface area contributed by atoms with Gasteiger partial charge in [-0.25, -0.2) is 0 Å². The molecule has 0 aliphatic rings. The van der Waals surface area contributed by atoms with E-state index in [4.69, 9.17) is 4.74 Å². The van der Waals surface area contributed by atoms with Gasteiger partial charge in [-0.2, -0.15) is 0 Å². The Labute approximate surface area is 155 Å². The average Bonchev–Trinajstić information content (AvgIpc) is 2.65. The van der Waals surface area contributed by atoms with E-state index >= 15 is 0 Å². The van der Waals surface area contributed by atoms with Gasteiger partial charge in [0.15, 0.2) is 6.61 Å². The molecule has 0 bridgehead atoms. The topological polar surface area (TPSA) is 80.3 Å². The largest absolute Gasteiger partial charge is 0.483 e. The SMILES string of the molecule is CCC(C)c1ccc(OCC(=O)NNC(=O)c2ccncc2)c(Br)c1. The standard InChI is InChI=1S/C18H20BrN3O3/c1-3-12(2)14-4-5-16(15(19)10-14)25-11-17(23)21-22-18(24)13-6-8-20-9-7-13/h4-10,12H,3,11H2,1-2H3,(H,21,23)(H,22,24). The first-order valence-corrected chi connectivity index (χ1v) is 8.72. The number of rotatable bonds is 6. The molecule has 0 saturated heterocycles. The highest BCUT2D eigenvalue weighted by atomic mass is 79.9. The molecule has 2 amide bonds. The van der Waals surface area contributed by atoms with Gasteiger partial charge in [0.2, 0.25) is 0 Å². The maximum absolute atomic E-state index is 11.8. The first-order valence-electron chi connectivity index (χ1n) is 7.92. The molecule has 1 unspecified atom stereocenters. The molecule has 6 nitrogen and oxygen atoms in total. The number of hydrogen-bond acceptors (Lipinski definition) is 4. The van der Waals surface area contributed by atoms with Crippen LogP contribution in [-0.4, -0.2) is 23.4 Å². The number of amides is 2. The molecule has 25 heavy (non-hydrogen) atoms. The zero-order valence-corrected chi connectivity index (χ0v) is 15.7. The van der Waals surface area contributed by atoms with Crippen LogP contribution in [0.25, 0.3) is 0 Å². The van der Waals surface area contributed by atoms with Gasteiger partial charge in [-0.1, -0.05) is 19.9 Å². The summed E-state index contributed by atoms with van der Waals surface area (Å²) in [4.78, 5) is 27.4. The molecule has 2 rings (SSSR count). The molecule has 1 heterocycles. The van der Waals surface area contributed by atoms with E-state index < -0.39 is 11.8 Å².